The number of halogens is 1. The number of nitrogens with zero attached hydrogens (tertiary/aromatic N) is 2. The van der Waals surface area contributed by atoms with Crippen LogP contribution in [0.2, 0.25) is 5.15 Å². The molecule has 3 rings (SSSR count). The number of carbonyl (C=O) groups is 1. The number of amides is 2. The van der Waals surface area contributed by atoms with Crippen molar-refractivity contribution in [2.45, 2.75) is 0 Å². The van der Waals surface area contributed by atoms with E-state index in [1.165, 1.54) is 0 Å². The lowest BCUT2D eigenvalue weighted by Crippen LogP contribution is -2.30. The number of aromatic nitrogens is 1. The first-order valence-corrected chi connectivity index (χ1v) is 7.44. The summed E-state index contributed by atoms with van der Waals surface area (Å²) in [6.07, 6.45) is 1.57. The van der Waals surface area contributed by atoms with Gasteiger partial charge in [-0.25, -0.2) is 9.78 Å². The van der Waals surface area contributed by atoms with Crippen LogP contribution in [0, 0.1) is 0 Å². The van der Waals surface area contributed by atoms with Crippen LogP contribution in [0.3, 0.4) is 0 Å². The molecule has 114 valence electrons. The predicted octanol–water partition coefficient (Wildman–Crippen LogP) is 5.11. The van der Waals surface area contributed by atoms with Gasteiger partial charge in [0.2, 0.25) is 0 Å². The number of anilines is 3. The summed E-state index contributed by atoms with van der Waals surface area (Å²) in [4.78, 5) is 18.3. The molecule has 1 N–H and O–H groups in total. The first kappa shape index (κ1) is 15.1. The first-order chi connectivity index (χ1) is 11.2. The van der Waals surface area contributed by atoms with Crippen LogP contribution in [0.1, 0.15) is 0 Å². The quantitative estimate of drug-likeness (QED) is 0.681. The molecule has 2 amide bonds. The van der Waals surface area contributed by atoms with E-state index < -0.39 is 0 Å². The van der Waals surface area contributed by atoms with Gasteiger partial charge in [0.25, 0.3) is 0 Å². The fourth-order valence-corrected chi connectivity index (χ4v) is 2.36. The second-order valence-corrected chi connectivity index (χ2v) is 5.19. The van der Waals surface area contributed by atoms with Crippen molar-refractivity contribution in [3.05, 3.63) is 84.1 Å². The Kier molecular flexibility index (Phi) is 4.54. The number of carbonyl (C=O) groups excluding carboxylic acids is 1. The van der Waals surface area contributed by atoms with Gasteiger partial charge < -0.3 is 5.32 Å². The van der Waals surface area contributed by atoms with Crippen LogP contribution in [0.15, 0.2) is 79.0 Å². The molecule has 0 bridgehead atoms. The Morgan fingerprint density at radius 3 is 2.22 bits per heavy atom. The summed E-state index contributed by atoms with van der Waals surface area (Å²) in [7, 11) is 0. The van der Waals surface area contributed by atoms with E-state index in [9.17, 15) is 4.79 Å². The van der Waals surface area contributed by atoms with Crippen molar-refractivity contribution in [3.63, 3.8) is 0 Å². The molecule has 0 aliphatic carbocycles. The largest absolute Gasteiger partial charge is 0.330 e. The van der Waals surface area contributed by atoms with Gasteiger partial charge in [-0.1, -0.05) is 48.0 Å². The van der Waals surface area contributed by atoms with Gasteiger partial charge >= 0.3 is 6.03 Å². The molecule has 0 atom stereocenters. The minimum absolute atomic E-state index is 0.273. The normalized spacial score (nSPS) is 10.1. The van der Waals surface area contributed by atoms with Crippen molar-refractivity contribution >= 4 is 34.7 Å². The van der Waals surface area contributed by atoms with Gasteiger partial charge in [-0.15, -0.1) is 0 Å². The van der Waals surface area contributed by atoms with Crippen molar-refractivity contribution in [2.24, 2.45) is 0 Å². The van der Waals surface area contributed by atoms with Gasteiger partial charge in [0, 0.05) is 11.9 Å². The average molecular weight is 324 g/mol. The molecular formula is C18H14ClN3O. The molecule has 0 saturated carbocycles. The maximum absolute atomic E-state index is 12.8. The Bertz CT molecular complexity index is 794. The molecule has 1 heterocycles. The Hall–Kier alpha value is -2.85. The van der Waals surface area contributed by atoms with Gasteiger partial charge in [-0.3, -0.25) is 4.90 Å². The molecule has 1 aromatic heterocycles. The zero-order valence-corrected chi connectivity index (χ0v) is 12.9. The van der Waals surface area contributed by atoms with E-state index in [0.29, 0.717) is 10.8 Å². The highest BCUT2D eigenvalue weighted by Crippen LogP contribution is 2.27. The fraction of sp³-hybridized carbons (Fsp3) is 0. The third kappa shape index (κ3) is 3.67. The SMILES string of the molecule is O=C(Nc1ccccc1)N(c1ccccc1)c1ccnc(Cl)c1. The van der Waals surface area contributed by atoms with Gasteiger partial charge in [-0.05, 0) is 36.4 Å². The van der Waals surface area contributed by atoms with Crippen LogP contribution >= 0.6 is 11.6 Å². The highest BCUT2D eigenvalue weighted by Gasteiger charge is 2.18. The summed E-state index contributed by atoms with van der Waals surface area (Å²) >= 11 is 5.97. The minimum Gasteiger partial charge on any atom is -0.307 e. The second kappa shape index (κ2) is 6.94. The van der Waals surface area contributed by atoms with Gasteiger partial charge in [0.05, 0.1) is 11.4 Å². The summed E-state index contributed by atoms with van der Waals surface area (Å²) in [5, 5.41) is 3.21. The molecular weight excluding hydrogens is 310 g/mol. The van der Waals surface area contributed by atoms with E-state index in [0.717, 1.165) is 11.4 Å². The van der Waals surface area contributed by atoms with E-state index in [1.54, 1.807) is 23.2 Å². The fourth-order valence-electron chi connectivity index (χ4n) is 2.19. The molecule has 0 aliphatic heterocycles. The summed E-state index contributed by atoms with van der Waals surface area (Å²) in [6.45, 7) is 0. The smallest absolute Gasteiger partial charge is 0.307 e. The van der Waals surface area contributed by atoms with Crippen LogP contribution in [0.4, 0.5) is 21.9 Å². The Morgan fingerprint density at radius 1 is 0.913 bits per heavy atom. The zero-order chi connectivity index (χ0) is 16.1. The molecule has 0 fully saturated rings. The molecule has 0 spiro atoms. The lowest BCUT2D eigenvalue weighted by molar-refractivity contribution is 0.259. The van der Waals surface area contributed by atoms with Crippen LogP contribution < -0.4 is 10.2 Å². The summed E-state index contributed by atoms with van der Waals surface area (Å²) in [5.74, 6) is 0. The van der Waals surface area contributed by atoms with E-state index in [4.69, 9.17) is 11.6 Å². The monoisotopic (exact) mass is 323 g/mol. The van der Waals surface area contributed by atoms with Crippen LogP contribution in [0.25, 0.3) is 0 Å². The van der Waals surface area contributed by atoms with E-state index in [1.807, 2.05) is 60.7 Å². The molecule has 23 heavy (non-hydrogen) atoms. The van der Waals surface area contributed by atoms with Crippen molar-refractivity contribution in [2.75, 3.05) is 10.2 Å². The Labute approximate surface area is 139 Å². The molecule has 0 saturated heterocycles. The molecule has 0 unspecified atom stereocenters. The number of pyridine rings is 1. The van der Waals surface area contributed by atoms with Crippen molar-refractivity contribution in [3.8, 4) is 0 Å². The Morgan fingerprint density at radius 2 is 1.57 bits per heavy atom. The lowest BCUT2D eigenvalue weighted by atomic mass is 10.2. The highest BCUT2D eigenvalue weighted by atomic mass is 35.5. The lowest BCUT2D eigenvalue weighted by Gasteiger charge is -2.23. The Balaban J connectivity index is 1.97. The van der Waals surface area contributed by atoms with Crippen LogP contribution in [-0.2, 0) is 0 Å². The van der Waals surface area contributed by atoms with Crippen LogP contribution in [-0.4, -0.2) is 11.0 Å². The third-order valence-corrected chi connectivity index (χ3v) is 3.42. The van der Waals surface area contributed by atoms with Crippen molar-refractivity contribution in [1.29, 1.82) is 0 Å². The molecule has 0 aliphatic rings. The van der Waals surface area contributed by atoms with Gasteiger partial charge in [0.15, 0.2) is 0 Å². The number of hydrogen-bond acceptors (Lipinski definition) is 2. The van der Waals surface area contributed by atoms with E-state index in [-0.39, 0.29) is 6.03 Å². The van der Waals surface area contributed by atoms with Crippen LogP contribution in [0.5, 0.6) is 0 Å². The highest BCUT2D eigenvalue weighted by molar-refractivity contribution is 6.29. The molecule has 0 radical (unpaired) electrons. The minimum atomic E-state index is -0.273. The summed E-state index contributed by atoms with van der Waals surface area (Å²) in [6, 6.07) is 21.8. The summed E-state index contributed by atoms with van der Waals surface area (Å²) in [5.41, 5.74) is 2.10. The standard InChI is InChI=1S/C18H14ClN3O/c19-17-13-16(11-12-20-17)22(15-9-5-2-6-10-15)18(23)21-14-7-3-1-4-8-14/h1-13H,(H,21,23). The molecule has 2 aromatic carbocycles. The third-order valence-electron chi connectivity index (χ3n) is 3.21. The number of hydrogen-bond donors (Lipinski definition) is 1. The van der Waals surface area contributed by atoms with Crippen molar-refractivity contribution in [1.82, 2.24) is 4.98 Å². The average Bonchev–Trinajstić information content (AvgIpc) is 2.57. The zero-order valence-electron chi connectivity index (χ0n) is 12.2. The molecule has 5 heteroatoms. The van der Waals surface area contributed by atoms with E-state index >= 15 is 0 Å². The maximum atomic E-state index is 12.8. The van der Waals surface area contributed by atoms with Crippen molar-refractivity contribution < 1.29 is 4.79 Å². The molecule has 4 nitrogen and oxygen atoms in total. The van der Waals surface area contributed by atoms with E-state index in [2.05, 4.69) is 10.3 Å². The number of nitrogens with one attached hydrogen (secondary N) is 1. The number of rotatable bonds is 3. The first-order valence-electron chi connectivity index (χ1n) is 7.07. The number of benzene rings is 2. The molecule has 3 aromatic rings. The summed E-state index contributed by atoms with van der Waals surface area (Å²) < 4.78 is 0. The number of para-hydroxylation sites is 2. The van der Waals surface area contributed by atoms with Gasteiger partial charge in [0.1, 0.15) is 5.15 Å². The van der Waals surface area contributed by atoms with Gasteiger partial charge in [-0.2, -0.15) is 0 Å². The second-order valence-electron chi connectivity index (χ2n) is 4.80. The predicted molar refractivity (Wildman–Crippen MR) is 93.3 cm³/mol. The number of urea groups is 1. The maximum Gasteiger partial charge on any atom is 0.330 e. The topological polar surface area (TPSA) is 45.2 Å².